The van der Waals surface area contributed by atoms with Crippen LogP contribution in [0.5, 0.6) is 0 Å². The Bertz CT molecular complexity index is 1010. The largest absolute Gasteiger partial charge is 0.370 e. The van der Waals surface area contributed by atoms with Gasteiger partial charge in [-0.2, -0.15) is 0 Å². The van der Waals surface area contributed by atoms with E-state index in [9.17, 15) is 18.0 Å². The zero-order valence-corrected chi connectivity index (χ0v) is 18.4. The minimum absolute atomic E-state index is 0.0204. The van der Waals surface area contributed by atoms with Crippen molar-refractivity contribution in [3.05, 3.63) is 60.2 Å². The monoisotopic (exact) mass is 445 g/mol. The number of hydrogen-bond donors (Lipinski definition) is 2. The van der Waals surface area contributed by atoms with Crippen LogP contribution in [-0.4, -0.2) is 51.4 Å². The number of morpholine rings is 1. The van der Waals surface area contributed by atoms with Crippen molar-refractivity contribution >= 4 is 27.5 Å². The van der Waals surface area contributed by atoms with Crippen molar-refractivity contribution in [3.63, 3.8) is 0 Å². The van der Waals surface area contributed by atoms with Gasteiger partial charge in [-0.25, -0.2) is 13.1 Å². The number of sulfonamides is 1. The highest BCUT2D eigenvalue weighted by Gasteiger charge is 2.26. The number of nitrogens with one attached hydrogen (secondary N) is 2. The predicted octanol–water partition coefficient (Wildman–Crippen LogP) is 2.16. The van der Waals surface area contributed by atoms with Gasteiger partial charge in [0.05, 0.1) is 24.6 Å². The standard InChI is InChI=1S/C22H27N3O5S/c1-16(2)22(27)24-18-8-10-19(11-9-18)31(28,29)23-14-21(26)25-12-13-30-20(15-25)17-6-4-3-5-7-17/h3-11,16,20,23H,12-15H2,1-2H3,(H,24,27)/t20-/m1/s1. The summed E-state index contributed by atoms with van der Waals surface area (Å²) >= 11 is 0. The maximum absolute atomic E-state index is 12.6. The van der Waals surface area contributed by atoms with E-state index >= 15 is 0 Å². The van der Waals surface area contributed by atoms with Gasteiger partial charge in [-0.05, 0) is 29.8 Å². The van der Waals surface area contributed by atoms with Gasteiger partial charge in [0.15, 0.2) is 0 Å². The molecule has 2 N–H and O–H groups in total. The van der Waals surface area contributed by atoms with Crippen molar-refractivity contribution in [2.45, 2.75) is 24.8 Å². The van der Waals surface area contributed by atoms with Gasteiger partial charge >= 0.3 is 0 Å². The lowest BCUT2D eigenvalue weighted by molar-refractivity contribution is -0.137. The number of ether oxygens (including phenoxy) is 1. The van der Waals surface area contributed by atoms with Gasteiger partial charge in [-0.15, -0.1) is 0 Å². The van der Waals surface area contributed by atoms with Crippen molar-refractivity contribution in [1.29, 1.82) is 0 Å². The van der Waals surface area contributed by atoms with Crippen LogP contribution >= 0.6 is 0 Å². The lowest BCUT2D eigenvalue weighted by Gasteiger charge is -2.33. The quantitative estimate of drug-likeness (QED) is 0.680. The Kier molecular flexibility index (Phi) is 7.42. The van der Waals surface area contributed by atoms with E-state index < -0.39 is 10.0 Å². The zero-order valence-electron chi connectivity index (χ0n) is 17.6. The van der Waals surface area contributed by atoms with E-state index in [1.807, 2.05) is 30.3 Å². The molecule has 3 rings (SSSR count). The molecule has 2 aromatic carbocycles. The first kappa shape index (κ1) is 22.9. The van der Waals surface area contributed by atoms with E-state index in [1.54, 1.807) is 18.7 Å². The first-order valence-corrected chi connectivity index (χ1v) is 11.6. The summed E-state index contributed by atoms with van der Waals surface area (Å²) < 4.78 is 33.2. The number of anilines is 1. The van der Waals surface area contributed by atoms with Crippen molar-refractivity contribution in [2.75, 3.05) is 31.6 Å². The number of amides is 2. The van der Waals surface area contributed by atoms with Crippen LogP contribution in [0, 0.1) is 5.92 Å². The molecule has 31 heavy (non-hydrogen) atoms. The van der Waals surface area contributed by atoms with E-state index in [2.05, 4.69) is 10.0 Å². The first-order valence-electron chi connectivity index (χ1n) is 10.1. The zero-order chi connectivity index (χ0) is 22.4. The normalized spacial score (nSPS) is 16.9. The van der Waals surface area contributed by atoms with Crippen LogP contribution in [0.2, 0.25) is 0 Å². The van der Waals surface area contributed by atoms with Crippen LogP contribution in [0.25, 0.3) is 0 Å². The second-order valence-electron chi connectivity index (χ2n) is 7.60. The summed E-state index contributed by atoms with van der Waals surface area (Å²) in [4.78, 5) is 26.0. The van der Waals surface area contributed by atoms with E-state index in [0.717, 1.165) is 5.56 Å². The Morgan fingerprint density at radius 1 is 1.10 bits per heavy atom. The Labute approximate surface area is 182 Å². The molecule has 0 saturated carbocycles. The number of benzene rings is 2. The maximum Gasteiger partial charge on any atom is 0.241 e. The van der Waals surface area contributed by atoms with Crippen LogP contribution in [0.4, 0.5) is 5.69 Å². The summed E-state index contributed by atoms with van der Waals surface area (Å²) in [5.74, 6) is -0.648. The Morgan fingerprint density at radius 3 is 2.42 bits per heavy atom. The van der Waals surface area contributed by atoms with Crippen molar-refractivity contribution < 1.29 is 22.7 Å². The molecule has 9 heteroatoms. The summed E-state index contributed by atoms with van der Waals surface area (Å²) in [6, 6.07) is 15.4. The van der Waals surface area contributed by atoms with Crippen LogP contribution in [0.3, 0.4) is 0 Å². The minimum Gasteiger partial charge on any atom is -0.370 e. The molecule has 0 unspecified atom stereocenters. The fourth-order valence-electron chi connectivity index (χ4n) is 3.10. The topological polar surface area (TPSA) is 105 Å². The second-order valence-corrected chi connectivity index (χ2v) is 9.37. The van der Waals surface area contributed by atoms with Gasteiger partial charge in [0, 0.05) is 18.2 Å². The molecule has 0 aromatic heterocycles. The Hall–Kier alpha value is -2.75. The van der Waals surface area contributed by atoms with Crippen molar-refractivity contribution in [1.82, 2.24) is 9.62 Å². The average molecular weight is 446 g/mol. The minimum atomic E-state index is -3.86. The average Bonchev–Trinajstić information content (AvgIpc) is 2.78. The molecular weight excluding hydrogens is 418 g/mol. The molecule has 2 amide bonds. The van der Waals surface area contributed by atoms with E-state index in [0.29, 0.717) is 25.4 Å². The molecule has 0 spiro atoms. The summed E-state index contributed by atoms with van der Waals surface area (Å²) in [6.45, 7) is 4.37. The van der Waals surface area contributed by atoms with Crippen molar-refractivity contribution in [2.24, 2.45) is 5.92 Å². The molecule has 1 atom stereocenters. The Morgan fingerprint density at radius 2 is 1.77 bits per heavy atom. The first-order chi connectivity index (χ1) is 14.8. The molecule has 0 bridgehead atoms. The highest BCUT2D eigenvalue weighted by molar-refractivity contribution is 7.89. The van der Waals surface area contributed by atoms with E-state index in [4.69, 9.17) is 4.74 Å². The van der Waals surface area contributed by atoms with Gasteiger partial charge in [0.2, 0.25) is 21.8 Å². The number of rotatable bonds is 7. The molecule has 2 aromatic rings. The number of nitrogens with zero attached hydrogens (tertiary/aromatic N) is 1. The summed E-state index contributed by atoms with van der Waals surface area (Å²) in [5.41, 5.74) is 1.49. The fourth-order valence-corrected chi connectivity index (χ4v) is 4.08. The van der Waals surface area contributed by atoms with E-state index in [-0.39, 0.29) is 35.3 Å². The number of hydrogen-bond acceptors (Lipinski definition) is 5. The molecule has 1 aliphatic heterocycles. The van der Waals surface area contributed by atoms with E-state index in [1.165, 1.54) is 24.3 Å². The lowest BCUT2D eigenvalue weighted by atomic mass is 10.1. The summed E-state index contributed by atoms with van der Waals surface area (Å²) in [7, 11) is -3.86. The second kappa shape index (κ2) is 10.0. The van der Waals surface area contributed by atoms with Gasteiger partial charge in [0.1, 0.15) is 6.10 Å². The van der Waals surface area contributed by atoms with Gasteiger partial charge in [-0.1, -0.05) is 44.2 Å². The predicted molar refractivity (Wildman–Crippen MR) is 117 cm³/mol. The summed E-state index contributed by atoms with van der Waals surface area (Å²) in [5, 5.41) is 2.70. The number of carbonyl (C=O) groups is 2. The molecule has 1 aliphatic rings. The molecule has 166 valence electrons. The van der Waals surface area contributed by atoms with Crippen LogP contribution < -0.4 is 10.0 Å². The third-order valence-electron chi connectivity index (χ3n) is 4.96. The molecule has 0 radical (unpaired) electrons. The van der Waals surface area contributed by atoms with Gasteiger partial charge in [0.25, 0.3) is 0 Å². The molecule has 1 saturated heterocycles. The maximum atomic E-state index is 12.6. The molecule has 8 nitrogen and oxygen atoms in total. The lowest BCUT2D eigenvalue weighted by Crippen LogP contribution is -2.46. The molecule has 1 fully saturated rings. The molecule has 0 aliphatic carbocycles. The third-order valence-corrected chi connectivity index (χ3v) is 6.38. The summed E-state index contributed by atoms with van der Waals surface area (Å²) in [6.07, 6.45) is -0.232. The van der Waals surface area contributed by atoms with Crippen LogP contribution in [0.1, 0.15) is 25.5 Å². The number of carbonyl (C=O) groups excluding carboxylic acids is 2. The van der Waals surface area contributed by atoms with Crippen molar-refractivity contribution in [3.8, 4) is 0 Å². The van der Waals surface area contributed by atoms with Crippen LogP contribution in [0.15, 0.2) is 59.5 Å². The molecular formula is C22H27N3O5S. The highest BCUT2D eigenvalue weighted by atomic mass is 32.2. The Balaban J connectivity index is 1.57. The molecule has 1 heterocycles. The van der Waals surface area contributed by atoms with Gasteiger partial charge < -0.3 is 15.0 Å². The van der Waals surface area contributed by atoms with Crippen LogP contribution in [-0.2, 0) is 24.3 Å². The van der Waals surface area contributed by atoms with Gasteiger partial charge in [-0.3, -0.25) is 9.59 Å². The third kappa shape index (κ3) is 6.13. The SMILES string of the molecule is CC(C)C(=O)Nc1ccc(S(=O)(=O)NCC(=O)N2CCO[C@@H](c3ccccc3)C2)cc1. The smallest absolute Gasteiger partial charge is 0.241 e. The fraction of sp³-hybridized carbons (Fsp3) is 0.364. The highest BCUT2D eigenvalue weighted by Crippen LogP contribution is 2.22.